The lowest BCUT2D eigenvalue weighted by atomic mass is 9.83. The van der Waals surface area contributed by atoms with Gasteiger partial charge >= 0.3 is 0 Å². The lowest BCUT2D eigenvalue weighted by Crippen LogP contribution is -2.64. The number of para-hydroxylation sites is 1. The van der Waals surface area contributed by atoms with Crippen molar-refractivity contribution in [2.24, 2.45) is 0 Å². The average molecular weight is 536 g/mol. The summed E-state index contributed by atoms with van der Waals surface area (Å²) < 4.78 is 7.41. The van der Waals surface area contributed by atoms with Crippen molar-refractivity contribution in [1.29, 1.82) is 0 Å². The van der Waals surface area contributed by atoms with Crippen LogP contribution < -0.4 is 10.1 Å². The maximum absolute atomic E-state index is 14.8. The van der Waals surface area contributed by atoms with Gasteiger partial charge in [0.2, 0.25) is 0 Å². The molecule has 0 bridgehead atoms. The van der Waals surface area contributed by atoms with Crippen LogP contribution in [0.3, 0.4) is 0 Å². The second-order valence-electron chi connectivity index (χ2n) is 11.2. The summed E-state index contributed by atoms with van der Waals surface area (Å²) in [4.78, 5) is 31.1. The van der Waals surface area contributed by atoms with E-state index >= 15 is 0 Å². The van der Waals surface area contributed by atoms with E-state index in [0.717, 1.165) is 53.5 Å². The van der Waals surface area contributed by atoms with Crippen LogP contribution in [-0.4, -0.2) is 34.4 Å². The smallest absolute Gasteiger partial charge is 0.272 e. The summed E-state index contributed by atoms with van der Waals surface area (Å²) in [6, 6.07) is 27.7. The third kappa shape index (κ3) is 4.76. The average Bonchev–Trinajstić information content (AvgIpc) is 3.35. The fourth-order valence-corrected chi connectivity index (χ4v) is 6.50. The Balaban J connectivity index is 1.49. The quantitative estimate of drug-likeness (QED) is 0.309. The van der Waals surface area contributed by atoms with E-state index in [4.69, 9.17) is 4.74 Å². The molecule has 0 saturated heterocycles. The second-order valence-corrected chi connectivity index (χ2v) is 11.2. The van der Waals surface area contributed by atoms with Gasteiger partial charge in [0.05, 0.1) is 13.7 Å². The zero-order valence-corrected chi connectivity index (χ0v) is 23.1. The molecule has 1 saturated carbocycles. The van der Waals surface area contributed by atoms with E-state index in [1.54, 1.807) is 12.0 Å². The number of hydrogen-bond donors (Lipinski definition) is 1. The highest BCUT2D eigenvalue weighted by Gasteiger charge is 2.52. The van der Waals surface area contributed by atoms with Crippen LogP contribution in [0.4, 0.5) is 0 Å². The van der Waals surface area contributed by atoms with Gasteiger partial charge in [0.1, 0.15) is 11.4 Å². The number of carbonyl (C=O) groups is 2. The predicted molar refractivity (Wildman–Crippen MR) is 157 cm³/mol. The van der Waals surface area contributed by atoms with E-state index in [0.29, 0.717) is 18.8 Å². The molecule has 6 rings (SSSR count). The number of methoxy groups -OCH3 is 1. The minimum absolute atomic E-state index is 0.102. The molecule has 1 aliphatic carbocycles. The van der Waals surface area contributed by atoms with E-state index < -0.39 is 5.54 Å². The Morgan fingerprint density at radius 2 is 1.57 bits per heavy atom. The minimum atomic E-state index is -1.21. The van der Waals surface area contributed by atoms with Crippen LogP contribution in [0, 0.1) is 0 Å². The van der Waals surface area contributed by atoms with Gasteiger partial charge < -0.3 is 19.5 Å². The van der Waals surface area contributed by atoms with Crippen molar-refractivity contribution in [3.8, 4) is 5.75 Å². The van der Waals surface area contributed by atoms with Gasteiger partial charge in [-0.1, -0.05) is 92.8 Å². The molecule has 0 radical (unpaired) electrons. The van der Waals surface area contributed by atoms with Gasteiger partial charge in [-0.15, -0.1) is 0 Å². The maximum Gasteiger partial charge on any atom is 0.272 e. The Labute approximate surface area is 235 Å². The number of fused-ring (bicyclic) bond motifs is 3. The molecule has 2 heterocycles. The standard InChI is InChI=1S/C34H37N3O3/c1-40-29-20-18-25(19-21-29)23-37-32(38)31-22-26-12-10-11-17-30(26)36(31)24-34(37,27-13-6-5-7-14-27)33(39)35-28-15-8-3-2-4-9-16-28/h5-7,10-14,17-22,28H,2-4,8-9,15-16,23-24H2,1H3,(H,35,39)/t34-/m1/s1. The molecule has 6 heteroatoms. The van der Waals surface area contributed by atoms with Crippen LogP contribution in [0.15, 0.2) is 84.9 Å². The van der Waals surface area contributed by atoms with Crippen molar-refractivity contribution in [2.75, 3.05) is 7.11 Å². The normalized spacial score (nSPS) is 20.0. The Bertz CT molecular complexity index is 1490. The Kier molecular flexibility index (Phi) is 7.33. The van der Waals surface area contributed by atoms with Crippen LogP contribution in [0.25, 0.3) is 10.9 Å². The molecule has 1 fully saturated rings. The third-order valence-corrected chi connectivity index (χ3v) is 8.69. The summed E-state index contributed by atoms with van der Waals surface area (Å²) in [7, 11) is 1.64. The zero-order chi connectivity index (χ0) is 27.5. The van der Waals surface area contributed by atoms with E-state index in [1.165, 1.54) is 19.3 Å². The highest BCUT2D eigenvalue weighted by Crippen LogP contribution is 2.40. The Hall–Kier alpha value is -4.06. The number of benzene rings is 3. The van der Waals surface area contributed by atoms with Crippen molar-refractivity contribution in [3.63, 3.8) is 0 Å². The number of aromatic nitrogens is 1. The van der Waals surface area contributed by atoms with Crippen LogP contribution in [0.5, 0.6) is 5.75 Å². The Morgan fingerprint density at radius 3 is 2.30 bits per heavy atom. The first-order valence-electron chi connectivity index (χ1n) is 14.5. The van der Waals surface area contributed by atoms with Crippen LogP contribution in [-0.2, 0) is 23.4 Å². The number of amides is 2. The third-order valence-electron chi connectivity index (χ3n) is 8.69. The number of ether oxygens (including phenoxy) is 1. The molecule has 1 aliphatic heterocycles. The maximum atomic E-state index is 14.8. The molecule has 2 amide bonds. The van der Waals surface area contributed by atoms with Crippen LogP contribution in [0.1, 0.15) is 66.6 Å². The number of carbonyl (C=O) groups excluding carboxylic acids is 2. The first-order chi connectivity index (χ1) is 19.6. The molecular formula is C34H37N3O3. The van der Waals surface area contributed by atoms with E-state index in [1.807, 2.05) is 89.5 Å². The molecule has 0 unspecified atom stereocenters. The molecule has 2 aliphatic rings. The summed E-state index contributed by atoms with van der Waals surface area (Å²) in [6.45, 7) is 0.650. The number of nitrogens with zero attached hydrogens (tertiary/aromatic N) is 2. The van der Waals surface area contributed by atoms with Gasteiger partial charge in [-0.25, -0.2) is 0 Å². The Morgan fingerprint density at radius 1 is 0.900 bits per heavy atom. The lowest BCUT2D eigenvalue weighted by Gasteiger charge is -2.47. The number of rotatable bonds is 6. The molecule has 1 atom stereocenters. The van der Waals surface area contributed by atoms with Gasteiger partial charge in [-0.2, -0.15) is 0 Å². The van der Waals surface area contributed by atoms with Crippen molar-refractivity contribution >= 4 is 22.7 Å². The first kappa shape index (κ1) is 26.2. The minimum Gasteiger partial charge on any atom is -0.497 e. The summed E-state index contributed by atoms with van der Waals surface area (Å²) in [5, 5.41) is 4.45. The molecule has 6 nitrogen and oxygen atoms in total. The summed E-state index contributed by atoms with van der Waals surface area (Å²) >= 11 is 0. The molecule has 206 valence electrons. The lowest BCUT2D eigenvalue weighted by molar-refractivity contribution is -0.136. The molecule has 0 spiro atoms. The van der Waals surface area contributed by atoms with Gasteiger partial charge in [0, 0.05) is 23.5 Å². The molecule has 1 N–H and O–H groups in total. The SMILES string of the molecule is COc1ccc(CN2C(=O)c3cc4ccccc4n3C[C@]2(C(=O)NC2CCCCCCC2)c2ccccc2)cc1. The molecule has 3 aromatic carbocycles. The van der Waals surface area contributed by atoms with E-state index in [9.17, 15) is 9.59 Å². The highest BCUT2D eigenvalue weighted by atomic mass is 16.5. The predicted octanol–water partition coefficient (Wildman–Crippen LogP) is 6.43. The second kappa shape index (κ2) is 11.2. The number of nitrogens with one attached hydrogen (secondary N) is 1. The first-order valence-corrected chi connectivity index (χ1v) is 14.5. The van der Waals surface area contributed by atoms with Gasteiger partial charge in [-0.05, 0) is 48.2 Å². The van der Waals surface area contributed by atoms with E-state index in [-0.39, 0.29) is 17.9 Å². The van der Waals surface area contributed by atoms with Crippen molar-refractivity contribution in [1.82, 2.24) is 14.8 Å². The molecule has 40 heavy (non-hydrogen) atoms. The summed E-state index contributed by atoms with van der Waals surface area (Å²) in [6.07, 6.45) is 7.85. The molecular weight excluding hydrogens is 498 g/mol. The molecule has 4 aromatic rings. The zero-order valence-electron chi connectivity index (χ0n) is 23.1. The monoisotopic (exact) mass is 535 g/mol. The van der Waals surface area contributed by atoms with Crippen molar-refractivity contribution in [2.45, 2.75) is 69.6 Å². The van der Waals surface area contributed by atoms with E-state index in [2.05, 4.69) is 5.32 Å². The van der Waals surface area contributed by atoms with Crippen molar-refractivity contribution < 1.29 is 14.3 Å². The topological polar surface area (TPSA) is 63.6 Å². The van der Waals surface area contributed by atoms with Crippen LogP contribution >= 0.6 is 0 Å². The van der Waals surface area contributed by atoms with Crippen LogP contribution in [0.2, 0.25) is 0 Å². The molecule has 1 aromatic heterocycles. The van der Waals surface area contributed by atoms with Gasteiger partial charge in [-0.3, -0.25) is 9.59 Å². The van der Waals surface area contributed by atoms with Gasteiger partial charge in [0.25, 0.3) is 11.8 Å². The fraction of sp³-hybridized carbons (Fsp3) is 0.353. The highest BCUT2D eigenvalue weighted by molar-refractivity contribution is 6.04. The summed E-state index contributed by atoms with van der Waals surface area (Å²) in [5.74, 6) is 0.509. The number of hydrogen-bond acceptors (Lipinski definition) is 3. The largest absolute Gasteiger partial charge is 0.497 e. The summed E-state index contributed by atoms with van der Waals surface area (Å²) in [5.41, 5.74) is 2.13. The van der Waals surface area contributed by atoms with Crippen molar-refractivity contribution in [3.05, 3.63) is 102 Å². The van der Waals surface area contributed by atoms with Gasteiger partial charge in [0.15, 0.2) is 5.54 Å². The fourth-order valence-electron chi connectivity index (χ4n) is 6.50.